The van der Waals surface area contributed by atoms with E-state index in [0.29, 0.717) is 32.4 Å². The van der Waals surface area contributed by atoms with Gasteiger partial charge in [-0.1, -0.05) is 45.3 Å². The minimum absolute atomic E-state index is 0.00184. The molecule has 28 heteroatoms. The molecule has 2 bridgehead atoms. The molecule has 4 fully saturated rings. The molecule has 0 radical (unpaired) electrons. The summed E-state index contributed by atoms with van der Waals surface area (Å²) < 4.78 is 70.3. The number of piperidine rings is 1. The highest BCUT2D eigenvalue weighted by Gasteiger charge is 2.70. The fourth-order valence-electron chi connectivity index (χ4n) is 9.30. The van der Waals surface area contributed by atoms with Crippen LogP contribution in [-0.4, -0.2) is 199 Å². The van der Waals surface area contributed by atoms with Gasteiger partial charge in [-0.15, -0.1) is 0 Å². The summed E-state index contributed by atoms with van der Waals surface area (Å²) in [5, 5.41) is 49.2. The number of rotatable bonds is 22. The molecule has 384 valence electrons. The number of esters is 1. The lowest BCUT2D eigenvalue weighted by atomic mass is 9.66. The summed E-state index contributed by atoms with van der Waals surface area (Å²) in [6.45, 7) is 4.21. The van der Waals surface area contributed by atoms with Crippen LogP contribution >= 0.6 is 0 Å². The van der Waals surface area contributed by atoms with E-state index < -0.39 is 145 Å². The van der Waals surface area contributed by atoms with Crippen LogP contribution in [0, 0.1) is 11.3 Å². The maximum atomic E-state index is 15.2. The Hall–Kier alpha value is -4.94. The van der Waals surface area contributed by atoms with Crippen LogP contribution in [0.2, 0.25) is 0 Å². The number of carbonyl (C=O) groups is 6. The topological polar surface area (TPSA) is 401 Å². The summed E-state index contributed by atoms with van der Waals surface area (Å²) >= 11 is 0. The van der Waals surface area contributed by atoms with Crippen LogP contribution in [0.5, 0.6) is 0 Å². The zero-order valence-electron chi connectivity index (χ0n) is 38.1. The second-order valence-corrected chi connectivity index (χ2v) is 18.8. The molecule has 27 nitrogen and oxygen atoms in total. The third-order valence-electron chi connectivity index (χ3n) is 12.5. The number of unbranched alkanes of at least 4 members (excludes halogenated alkanes) is 2. The third-order valence-corrected chi connectivity index (χ3v) is 12.9. The van der Waals surface area contributed by atoms with Gasteiger partial charge in [-0.25, -0.2) is 13.8 Å². The van der Waals surface area contributed by atoms with Gasteiger partial charge in [-0.05, 0) is 31.6 Å². The molecule has 0 aromatic carbocycles. The number of fused-ring (bicyclic) bond motifs is 1. The van der Waals surface area contributed by atoms with Crippen molar-refractivity contribution in [1.29, 1.82) is 5.41 Å². The molecule has 0 unspecified atom stereocenters. The molecule has 0 aromatic heterocycles. The van der Waals surface area contributed by atoms with E-state index in [4.69, 9.17) is 49.9 Å². The van der Waals surface area contributed by atoms with Crippen molar-refractivity contribution in [2.24, 2.45) is 17.4 Å². The van der Waals surface area contributed by atoms with Crippen LogP contribution in [0.3, 0.4) is 0 Å². The molecular formula is C40H64N8O19S. The largest absolute Gasteiger partial charge is 0.453 e. The number of aliphatic hydroxyl groups excluding tert-OH is 3. The Kier molecular flexibility index (Phi) is 18.4. The molecule has 1 aliphatic carbocycles. The Labute approximate surface area is 392 Å². The van der Waals surface area contributed by atoms with Gasteiger partial charge < -0.3 is 81.0 Å². The number of ether oxygens (including phenoxy) is 6. The lowest BCUT2D eigenvalue weighted by Gasteiger charge is -2.58. The summed E-state index contributed by atoms with van der Waals surface area (Å²) in [6, 6.07) is -6.17. The van der Waals surface area contributed by atoms with Gasteiger partial charge in [0.25, 0.3) is 5.91 Å². The van der Waals surface area contributed by atoms with E-state index in [1.165, 1.54) is 0 Å². The minimum Gasteiger partial charge on any atom is -0.453 e. The van der Waals surface area contributed by atoms with Gasteiger partial charge in [0.1, 0.15) is 43.0 Å². The number of aliphatic hydroxyl groups is 3. The summed E-state index contributed by atoms with van der Waals surface area (Å²) in [4.78, 5) is 84.7. The highest BCUT2D eigenvalue weighted by atomic mass is 32.3. The Balaban J connectivity index is 1.54. The summed E-state index contributed by atoms with van der Waals surface area (Å²) in [6.07, 6.45) is -12.6. The summed E-state index contributed by atoms with van der Waals surface area (Å²) in [7, 11) is -3.98. The molecule has 4 heterocycles. The van der Waals surface area contributed by atoms with Gasteiger partial charge >= 0.3 is 28.6 Å². The zero-order valence-corrected chi connectivity index (χ0v) is 39.0. The Morgan fingerprint density at radius 1 is 1.12 bits per heavy atom. The van der Waals surface area contributed by atoms with Gasteiger partial charge in [0.05, 0.1) is 18.8 Å². The van der Waals surface area contributed by atoms with Crippen molar-refractivity contribution in [3.63, 3.8) is 0 Å². The van der Waals surface area contributed by atoms with E-state index in [1.54, 1.807) is 18.7 Å². The van der Waals surface area contributed by atoms with Crippen molar-refractivity contribution >= 4 is 52.2 Å². The molecule has 4 aliphatic heterocycles. The van der Waals surface area contributed by atoms with Gasteiger partial charge in [0.2, 0.25) is 11.8 Å². The summed E-state index contributed by atoms with van der Waals surface area (Å²) in [5.41, 5.74) is 9.80. The Bertz CT molecular complexity index is 2010. The molecule has 1 saturated carbocycles. The monoisotopic (exact) mass is 992 g/mol. The van der Waals surface area contributed by atoms with Crippen molar-refractivity contribution in [3.05, 3.63) is 11.6 Å². The number of methoxy groups -OCH3 is 1. The lowest BCUT2D eigenvalue weighted by Crippen LogP contribution is -2.80. The number of nitrogens with one attached hydrogen (secondary N) is 4. The first-order valence-electron chi connectivity index (χ1n) is 22.3. The number of nitrogens with two attached hydrogens (primary N) is 2. The second-order valence-electron chi connectivity index (χ2n) is 17.7. The fraction of sp³-hybridized carbons (Fsp3) is 0.775. The number of nitrogens with zero attached hydrogens (tertiary/aromatic N) is 2. The van der Waals surface area contributed by atoms with Crippen molar-refractivity contribution in [3.8, 4) is 0 Å². The minimum atomic E-state index is -5.03. The van der Waals surface area contributed by atoms with Crippen LogP contribution in [0.4, 0.5) is 9.59 Å². The van der Waals surface area contributed by atoms with Crippen LogP contribution in [-0.2, 0) is 62.2 Å². The average Bonchev–Trinajstić information content (AvgIpc) is 3.86. The number of hydrogen-bond acceptors (Lipinski definition) is 19. The predicted molar refractivity (Wildman–Crippen MR) is 230 cm³/mol. The molecule has 5 amide bonds. The van der Waals surface area contributed by atoms with Crippen molar-refractivity contribution in [1.82, 2.24) is 25.8 Å². The predicted octanol–water partition coefficient (Wildman–Crippen LogP) is -3.01. The highest BCUT2D eigenvalue weighted by molar-refractivity contribution is 7.80. The molecule has 0 aromatic rings. The normalized spacial score (nSPS) is 30.8. The number of alkyl carbamates (subject to hydrolysis) is 1. The van der Waals surface area contributed by atoms with Crippen LogP contribution < -0.4 is 27.4 Å². The second kappa shape index (κ2) is 23.1. The molecule has 1 spiro atoms. The first-order chi connectivity index (χ1) is 32.0. The van der Waals surface area contributed by atoms with E-state index >= 15 is 4.79 Å². The standard InChI is InChI=1S/C40H64N8O19S/c1-5-6-7-8-26(50)65-30-29(66-38(43)56)28(51)24(17-49)64-36(30)63-21-14-23-32(52)40(15-21)31(46-39(57)67-40)27(34(54)44-11-9-20-10-12-47(16-20)37(41)42)48(23)35(55)22(13-19(2)3)45-33(53)25(61-4)18-62-68(58,59)60/h10,19,21-25,27-32,36,49,51-52H,5-9,11-18H2,1-4H3,(H3,41,42)(H2,43,56)(H,44,54)(H,45,53)(H,46,57)(H,58,59,60)/t21-,22-,23-,24-,25+,27-,28-,29+,30-,31+,32+,36+,40+/m1/s1. The van der Waals surface area contributed by atoms with Crippen molar-refractivity contribution in [2.75, 3.05) is 40.0 Å². The fourth-order valence-corrected chi connectivity index (χ4v) is 9.60. The maximum absolute atomic E-state index is 15.2. The molecule has 12 N–H and O–H groups in total. The number of carbonyl (C=O) groups excluding carboxylic acids is 6. The van der Waals surface area contributed by atoms with Crippen molar-refractivity contribution in [2.45, 2.75) is 151 Å². The average molecular weight is 993 g/mol. The number of hydrogen-bond donors (Lipinski definition) is 10. The molecule has 5 aliphatic rings. The SMILES string of the molecule is CCCCCC(=O)O[C@H]1[C@@H](O[C@@H]2C[C@@H]3[C@H](O)[C@@]4(C2)OC(=O)N[C@H]4[C@H](C(=O)NCCC2=CCN(C(=N)N)C2)N3C(=O)[C@@H](CC(C)C)NC(=O)[C@H](COS(=O)(=O)O)OC)O[C@H](CO)[C@@H](O)[C@@H]1OC(N)=O. The van der Waals surface area contributed by atoms with E-state index in [2.05, 4.69) is 20.1 Å². The maximum Gasteiger partial charge on any atom is 0.408 e. The first kappa shape index (κ1) is 54.0. The van der Waals surface area contributed by atoms with E-state index in [-0.39, 0.29) is 37.7 Å². The smallest absolute Gasteiger partial charge is 0.408 e. The Morgan fingerprint density at radius 3 is 2.44 bits per heavy atom. The number of amides is 5. The van der Waals surface area contributed by atoms with Gasteiger partial charge in [0.15, 0.2) is 36.2 Å². The zero-order chi connectivity index (χ0) is 50.2. The molecule has 3 saturated heterocycles. The molecule has 68 heavy (non-hydrogen) atoms. The highest BCUT2D eigenvalue weighted by Crippen LogP contribution is 2.48. The van der Waals surface area contributed by atoms with E-state index in [1.807, 2.05) is 13.0 Å². The number of primary amides is 1. The van der Waals surface area contributed by atoms with E-state index in [9.17, 15) is 47.7 Å². The summed E-state index contributed by atoms with van der Waals surface area (Å²) in [5.74, 6) is -4.11. The quantitative estimate of drug-likeness (QED) is 0.00982. The molecular weight excluding hydrogens is 929 g/mol. The van der Waals surface area contributed by atoms with Crippen molar-refractivity contribution < 1.29 is 89.7 Å². The van der Waals surface area contributed by atoms with Crippen LogP contribution in [0.1, 0.15) is 72.1 Å². The Morgan fingerprint density at radius 2 is 1.84 bits per heavy atom. The van der Waals surface area contributed by atoms with Crippen LogP contribution in [0.15, 0.2) is 11.6 Å². The number of likely N-dealkylation sites (tertiary alicyclic amines) is 1. The number of guanidine groups is 1. The first-order valence-corrected chi connectivity index (χ1v) is 23.6. The third kappa shape index (κ3) is 12.8. The molecule has 13 atom stereocenters. The van der Waals surface area contributed by atoms with Gasteiger partial charge in [-0.2, -0.15) is 8.42 Å². The lowest BCUT2D eigenvalue weighted by molar-refractivity contribution is -0.323. The van der Waals surface area contributed by atoms with Crippen LogP contribution in [0.25, 0.3) is 0 Å². The molecule has 5 rings (SSSR count). The van der Waals surface area contributed by atoms with Gasteiger partial charge in [0, 0.05) is 39.6 Å². The van der Waals surface area contributed by atoms with Gasteiger partial charge in [-0.3, -0.25) is 29.1 Å². The van der Waals surface area contributed by atoms with E-state index in [0.717, 1.165) is 24.0 Å².